The van der Waals surface area contributed by atoms with Gasteiger partial charge in [0.05, 0.1) is 25.4 Å². The van der Waals surface area contributed by atoms with Gasteiger partial charge in [-0.25, -0.2) is 9.59 Å². The normalized spacial score (nSPS) is 25.1. The first kappa shape index (κ1) is 30.6. The molecule has 1 N–H and O–H groups in total. The monoisotopic (exact) mass is 504 g/mol. The highest BCUT2D eigenvalue weighted by molar-refractivity contribution is 5.88. The van der Waals surface area contributed by atoms with Crippen LogP contribution in [0.3, 0.4) is 0 Å². The lowest BCUT2D eigenvalue weighted by Crippen LogP contribution is -2.27. The summed E-state index contributed by atoms with van der Waals surface area (Å²) in [6, 6.07) is 0. The maximum absolute atomic E-state index is 11.8. The molecule has 0 radical (unpaired) electrons. The van der Waals surface area contributed by atoms with Crippen LogP contribution < -0.4 is 0 Å². The Morgan fingerprint density at radius 3 is 1.86 bits per heavy atom. The highest BCUT2D eigenvalue weighted by Gasteiger charge is 2.31. The Bertz CT molecular complexity index is 683. The van der Waals surface area contributed by atoms with Crippen molar-refractivity contribution in [1.82, 2.24) is 0 Å². The van der Waals surface area contributed by atoms with E-state index in [1.54, 1.807) is 6.92 Å². The van der Waals surface area contributed by atoms with Crippen molar-refractivity contribution in [3.8, 4) is 0 Å². The van der Waals surface area contributed by atoms with E-state index in [-0.39, 0.29) is 18.1 Å². The smallest absolute Gasteiger partial charge is 0.335 e. The fourth-order valence-electron chi connectivity index (χ4n) is 6.30. The number of aliphatic hydroxyl groups excluding tert-OH is 1. The maximum atomic E-state index is 11.8. The van der Waals surface area contributed by atoms with Gasteiger partial charge in [-0.2, -0.15) is 0 Å². The lowest BCUT2D eigenvalue weighted by atomic mass is 9.67. The van der Waals surface area contributed by atoms with Gasteiger partial charge in [0, 0.05) is 5.57 Å². The van der Waals surface area contributed by atoms with Crippen LogP contribution in [-0.2, 0) is 19.1 Å². The van der Waals surface area contributed by atoms with Crippen LogP contribution >= 0.6 is 0 Å². The Hall–Kier alpha value is -1.62. The Kier molecular flexibility index (Phi) is 14.4. The van der Waals surface area contributed by atoms with Gasteiger partial charge in [0.15, 0.2) is 0 Å². The van der Waals surface area contributed by atoms with Crippen molar-refractivity contribution in [1.29, 1.82) is 0 Å². The second kappa shape index (κ2) is 17.0. The molecule has 1 unspecified atom stereocenters. The summed E-state index contributed by atoms with van der Waals surface area (Å²) in [6.07, 6.45) is 19.2. The molecule has 0 aromatic heterocycles. The zero-order valence-corrected chi connectivity index (χ0v) is 23.1. The zero-order valence-electron chi connectivity index (χ0n) is 23.1. The fourth-order valence-corrected chi connectivity index (χ4v) is 6.30. The molecule has 0 amide bonds. The summed E-state index contributed by atoms with van der Waals surface area (Å²) in [5.74, 6) is 2.95. The van der Waals surface area contributed by atoms with E-state index in [9.17, 15) is 9.59 Å². The average molecular weight is 505 g/mol. The fraction of sp³-hybridized carbons (Fsp3) is 0.806. The average Bonchev–Trinajstić information content (AvgIpc) is 2.88. The summed E-state index contributed by atoms with van der Waals surface area (Å²) in [7, 11) is 0. The number of aliphatic hydroxyl groups is 1. The first-order valence-corrected chi connectivity index (χ1v) is 14.6. The molecule has 0 aromatic rings. The van der Waals surface area contributed by atoms with E-state index in [0.717, 1.165) is 37.0 Å². The zero-order chi connectivity index (χ0) is 26.3. The van der Waals surface area contributed by atoms with E-state index in [0.29, 0.717) is 30.6 Å². The highest BCUT2D eigenvalue weighted by atomic mass is 16.5. The topological polar surface area (TPSA) is 72.8 Å². The molecule has 0 bridgehead atoms. The van der Waals surface area contributed by atoms with Crippen LogP contribution in [0.2, 0.25) is 0 Å². The molecule has 36 heavy (non-hydrogen) atoms. The number of hydrogen-bond acceptors (Lipinski definition) is 5. The summed E-state index contributed by atoms with van der Waals surface area (Å²) < 4.78 is 10.6. The Balaban J connectivity index is 1.76. The first-order valence-electron chi connectivity index (χ1n) is 14.6. The van der Waals surface area contributed by atoms with Crippen LogP contribution in [0.25, 0.3) is 0 Å². The van der Waals surface area contributed by atoms with Crippen LogP contribution in [-0.4, -0.2) is 36.9 Å². The SMILES string of the molecule is C=C(C)C(=O)OCCC(CCOC(=O)C(=C)CO)CC1CCC(C2CCC(CCCCC)CC2)CC1. The van der Waals surface area contributed by atoms with E-state index in [1.165, 1.54) is 77.0 Å². The molecular formula is C31H52O5. The number of carbonyl (C=O) groups is 2. The van der Waals surface area contributed by atoms with Crippen molar-refractivity contribution in [3.63, 3.8) is 0 Å². The van der Waals surface area contributed by atoms with E-state index < -0.39 is 5.97 Å². The lowest BCUT2D eigenvalue weighted by Gasteiger charge is -2.38. The number of carbonyl (C=O) groups excluding carboxylic acids is 2. The molecule has 2 saturated carbocycles. The van der Waals surface area contributed by atoms with Crippen LogP contribution in [0.4, 0.5) is 0 Å². The third-order valence-corrected chi connectivity index (χ3v) is 8.68. The first-order chi connectivity index (χ1) is 17.3. The van der Waals surface area contributed by atoms with E-state index >= 15 is 0 Å². The molecule has 0 aliphatic heterocycles. The maximum Gasteiger partial charge on any atom is 0.335 e. The predicted octanol–water partition coefficient (Wildman–Crippen LogP) is 7.18. The van der Waals surface area contributed by atoms with Crippen LogP contribution in [0, 0.1) is 29.6 Å². The van der Waals surface area contributed by atoms with Gasteiger partial charge in [-0.1, -0.05) is 71.4 Å². The third kappa shape index (κ3) is 11.2. The molecule has 0 aromatic carbocycles. The molecule has 0 spiro atoms. The Morgan fingerprint density at radius 1 is 0.833 bits per heavy atom. The number of hydrogen-bond donors (Lipinski definition) is 1. The molecule has 2 aliphatic carbocycles. The molecule has 0 heterocycles. The number of ether oxygens (including phenoxy) is 2. The van der Waals surface area contributed by atoms with Crippen molar-refractivity contribution in [3.05, 3.63) is 24.3 Å². The number of rotatable bonds is 16. The molecule has 1 atom stereocenters. The minimum atomic E-state index is -0.537. The summed E-state index contributed by atoms with van der Waals surface area (Å²) in [6.45, 7) is 11.4. The largest absolute Gasteiger partial charge is 0.462 e. The van der Waals surface area contributed by atoms with E-state index in [1.807, 2.05) is 0 Å². The summed E-state index contributed by atoms with van der Waals surface area (Å²) >= 11 is 0. The molecule has 206 valence electrons. The molecule has 2 aliphatic rings. The molecule has 0 saturated heterocycles. The Morgan fingerprint density at radius 2 is 1.36 bits per heavy atom. The van der Waals surface area contributed by atoms with Gasteiger partial charge in [-0.3, -0.25) is 0 Å². The van der Waals surface area contributed by atoms with Crippen molar-refractivity contribution >= 4 is 11.9 Å². The van der Waals surface area contributed by atoms with Crippen LogP contribution in [0.15, 0.2) is 24.3 Å². The standard InChI is InChI=1S/C31H52O5/c1-5-6-7-8-25-9-13-28(14-10-25)29-15-11-26(12-16-29)21-27(17-19-35-30(33)23(2)3)18-20-36-31(34)24(4)22-32/h25-29,32H,2,4-22H2,1,3H3. The number of unbranched alkanes of at least 4 members (excludes halogenated alkanes) is 2. The lowest BCUT2D eigenvalue weighted by molar-refractivity contribution is -0.139. The third-order valence-electron chi connectivity index (χ3n) is 8.68. The van der Waals surface area contributed by atoms with Crippen molar-refractivity contribution in [2.45, 2.75) is 110 Å². The highest BCUT2D eigenvalue weighted by Crippen LogP contribution is 2.43. The van der Waals surface area contributed by atoms with Gasteiger partial charge in [0.1, 0.15) is 0 Å². The summed E-state index contributed by atoms with van der Waals surface area (Å²) in [5, 5.41) is 9.06. The quantitative estimate of drug-likeness (QED) is 0.137. The molecule has 2 fully saturated rings. The summed E-state index contributed by atoms with van der Waals surface area (Å²) in [5.41, 5.74) is 0.492. The second-order valence-corrected chi connectivity index (χ2v) is 11.6. The molecule has 5 nitrogen and oxygen atoms in total. The van der Waals surface area contributed by atoms with Crippen LogP contribution in [0.5, 0.6) is 0 Å². The van der Waals surface area contributed by atoms with E-state index in [2.05, 4.69) is 20.1 Å². The van der Waals surface area contributed by atoms with Crippen molar-refractivity contribution < 1.29 is 24.2 Å². The van der Waals surface area contributed by atoms with Gasteiger partial charge in [0.25, 0.3) is 0 Å². The molecule has 5 heteroatoms. The van der Waals surface area contributed by atoms with Crippen molar-refractivity contribution in [2.24, 2.45) is 29.6 Å². The molecule has 2 rings (SSSR count). The van der Waals surface area contributed by atoms with Gasteiger partial charge < -0.3 is 14.6 Å². The summed E-state index contributed by atoms with van der Waals surface area (Å²) in [4.78, 5) is 23.6. The van der Waals surface area contributed by atoms with Gasteiger partial charge in [-0.05, 0) is 81.5 Å². The van der Waals surface area contributed by atoms with Crippen molar-refractivity contribution in [2.75, 3.05) is 19.8 Å². The van der Waals surface area contributed by atoms with Gasteiger partial charge in [-0.15, -0.1) is 0 Å². The molecular weight excluding hydrogens is 452 g/mol. The van der Waals surface area contributed by atoms with E-state index in [4.69, 9.17) is 14.6 Å². The Labute approximate surface area is 220 Å². The number of esters is 2. The predicted molar refractivity (Wildman–Crippen MR) is 145 cm³/mol. The van der Waals surface area contributed by atoms with Gasteiger partial charge in [0.2, 0.25) is 0 Å². The second-order valence-electron chi connectivity index (χ2n) is 11.6. The minimum absolute atomic E-state index is 0.0789. The minimum Gasteiger partial charge on any atom is -0.462 e. The van der Waals surface area contributed by atoms with Crippen LogP contribution in [0.1, 0.15) is 110 Å². The van der Waals surface area contributed by atoms with Gasteiger partial charge >= 0.3 is 11.9 Å².